The minimum atomic E-state index is -4.00. The van der Waals surface area contributed by atoms with Gasteiger partial charge in [0.05, 0.1) is 15.5 Å². The monoisotopic (exact) mass is 395 g/mol. The van der Waals surface area contributed by atoms with Crippen LogP contribution in [-0.4, -0.2) is 26.8 Å². The molecular formula is C18H18ClNO5S. The molecule has 0 heterocycles. The molecule has 0 aromatic heterocycles. The van der Waals surface area contributed by atoms with Crippen molar-refractivity contribution in [2.45, 2.75) is 25.7 Å². The van der Waals surface area contributed by atoms with Crippen LogP contribution in [0.3, 0.4) is 0 Å². The van der Waals surface area contributed by atoms with Gasteiger partial charge in [0.25, 0.3) is 0 Å². The number of ether oxygens (including phenoxy) is 1. The van der Waals surface area contributed by atoms with E-state index in [1.807, 2.05) is 19.9 Å². The molecule has 2 aromatic rings. The summed E-state index contributed by atoms with van der Waals surface area (Å²) in [6.45, 7) is 5.14. The van der Waals surface area contributed by atoms with Crippen molar-refractivity contribution < 1.29 is 22.7 Å². The number of halogens is 1. The number of carbonyl (C=O) groups excluding carboxylic acids is 2. The third-order valence-corrected chi connectivity index (χ3v) is 5.20. The van der Waals surface area contributed by atoms with Crippen molar-refractivity contribution in [3.8, 4) is 0 Å². The Morgan fingerprint density at radius 3 is 2.23 bits per heavy atom. The van der Waals surface area contributed by atoms with Crippen LogP contribution in [0.1, 0.15) is 37.4 Å². The van der Waals surface area contributed by atoms with Gasteiger partial charge in [-0.1, -0.05) is 17.7 Å². The molecule has 26 heavy (non-hydrogen) atoms. The Labute approximate surface area is 157 Å². The molecule has 2 rings (SSSR count). The van der Waals surface area contributed by atoms with E-state index in [1.54, 1.807) is 13.0 Å². The zero-order chi connectivity index (χ0) is 19.6. The topological polar surface area (TPSA) is 104 Å². The van der Waals surface area contributed by atoms with Crippen LogP contribution in [0.4, 0.5) is 0 Å². The molecule has 2 N–H and O–H groups in total. The quantitative estimate of drug-likeness (QED) is 0.619. The third kappa shape index (κ3) is 4.49. The van der Waals surface area contributed by atoms with Crippen LogP contribution in [0, 0.1) is 20.8 Å². The number of rotatable bonds is 5. The highest BCUT2D eigenvalue weighted by atomic mass is 35.5. The Bertz CT molecular complexity index is 999. The smallest absolute Gasteiger partial charge is 0.340 e. The van der Waals surface area contributed by atoms with Crippen molar-refractivity contribution in [1.29, 1.82) is 0 Å². The Hall–Kier alpha value is -2.22. The van der Waals surface area contributed by atoms with Gasteiger partial charge in [0.15, 0.2) is 6.61 Å². The highest BCUT2D eigenvalue weighted by molar-refractivity contribution is 7.89. The zero-order valence-corrected chi connectivity index (χ0v) is 16.1. The van der Waals surface area contributed by atoms with Crippen LogP contribution in [0.25, 0.3) is 0 Å². The lowest BCUT2D eigenvalue weighted by molar-refractivity contribution is 0.0474. The second-order valence-corrected chi connectivity index (χ2v) is 7.91. The van der Waals surface area contributed by atoms with E-state index in [4.69, 9.17) is 21.5 Å². The molecular weight excluding hydrogens is 378 g/mol. The number of hydrogen-bond acceptors (Lipinski definition) is 5. The highest BCUT2D eigenvalue weighted by Gasteiger charge is 2.19. The van der Waals surface area contributed by atoms with Gasteiger partial charge in [0.2, 0.25) is 15.8 Å². The van der Waals surface area contributed by atoms with Crippen LogP contribution in [0.5, 0.6) is 0 Å². The molecule has 0 saturated heterocycles. The van der Waals surface area contributed by atoms with E-state index < -0.39 is 22.6 Å². The molecule has 2 aromatic carbocycles. The lowest BCUT2D eigenvalue weighted by Crippen LogP contribution is -2.17. The maximum Gasteiger partial charge on any atom is 0.340 e. The van der Waals surface area contributed by atoms with Crippen LogP contribution in [0.2, 0.25) is 5.02 Å². The van der Waals surface area contributed by atoms with Crippen molar-refractivity contribution in [2.24, 2.45) is 5.14 Å². The van der Waals surface area contributed by atoms with E-state index in [-0.39, 0.29) is 21.3 Å². The molecule has 0 spiro atoms. The second kappa shape index (κ2) is 7.57. The summed E-state index contributed by atoms with van der Waals surface area (Å²) in [5, 5.41) is 5.04. The molecule has 0 fully saturated rings. The number of benzene rings is 2. The maximum atomic E-state index is 12.3. The van der Waals surface area contributed by atoms with Crippen LogP contribution in [0.15, 0.2) is 35.2 Å². The number of nitrogens with two attached hydrogens (primary N) is 1. The third-order valence-electron chi connectivity index (χ3n) is 3.96. The molecule has 0 atom stereocenters. The number of Topliss-reactive ketones (excluding diaryl/α,β-unsaturated/α-hetero) is 1. The number of primary sulfonamides is 1. The zero-order valence-electron chi connectivity index (χ0n) is 14.5. The first-order valence-corrected chi connectivity index (χ1v) is 9.53. The molecule has 0 aliphatic rings. The van der Waals surface area contributed by atoms with E-state index in [0.717, 1.165) is 22.8 Å². The first-order chi connectivity index (χ1) is 12.0. The molecule has 0 radical (unpaired) electrons. The van der Waals surface area contributed by atoms with Gasteiger partial charge in [-0.2, -0.15) is 0 Å². The maximum absolute atomic E-state index is 12.3. The minimum Gasteiger partial charge on any atom is -0.454 e. The molecule has 0 unspecified atom stereocenters. The Morgan fingerprint density at radius 2 is 1.62 bits per heavy atom. The van der Waals surface area contributed by atoms with Gasteiger partial charge in [-0.3, -0.25) is 4.79 Å². The Kier molecular flexibility index (Phi) is 5.85. The number of sulfonamides is 1. The van der Waals surface area contributed by atoms with Gasteiger partial charge < -0.3 is 4.74 Å². The summed E-state index contributed by atoms with van der Waals surface area (Å²) in [7, 11) is -4.00. The summed E-state index contributed by atoms with van der Waals surface area (Å²) in [6.07, 6.45) is 0. The number of ketones is 1. The van der Waals surface area contributed by atoms with E-state index in [1.165, 1.54) is 12.1 Å². The number of carbonyl (C=O) groups is 2. The van der Waals surface area contributed by atoms with E-state index in [0.29, 0.717) is 5.56 Å². The fourth-order valence-corrected chi connectivity index (χ4v) is 3.12. The first-order valence-electron chi connectivity index (χ1n) is 7.61. The number of hydrogen-bond donors (Lipinski definition) is 1. The van der Waals surface area contributed by atoms with Gasteiger partial charge in [0.1, 0.15) is 0 Å². The van der Waals surface area contributed by atoms with Crippen molar-refractivity contribution in [3.05, 3.63) is 63.2 Å². The lowest BCUT2D eigenvalue weighted by Gasteiger charge is -2.10. The summed E-state index contributed by atoms with van der Waals surface area (Å²) in [5.74, 6) is -1.27. The Balaban J connectivity index is 2.19. The summed E-state index contributed by atoms with van der Waals surface area (Å²) in [6, 6.07) is 7.06. The number of aryl methyl sites for hydroxylation is 3. The van der Waals surface area contributed by atoms with Crippen LogP contribution < -0.4 is 5.14 Å². The van der Waals surface area contributed by atoms with Crippen LogP contribution in [-0.2, 0) is 14.8 Å². The first kappa shape index (κ1) is 20.1. The standard InChI is InChI=1S/C18H18ClNO5S/c1-10-6-12(3)14(7-11(10)2)17(21)9-25-18(22)15-8-13(26(20,23)24)4-5-16(15)19/h4-8H,9H2,1-3H3,(H2,20,23,24). The SMILES string of the molecule is Cc1cc(C)c(C(=O)COC(=O)c2cc(S(N)(=O)=O)ccc2Cl)cc1C. The van der Waals surface area contributed by atoms with Gasteiger partial charge >= 0.3 is 5.97 Å². The Morgan fingerprint density at radius 1 is 1.00 bits per heavy atom. The fourth-order valence-electron chi connectivity index (χ4n) is 2.39. The van der Waals surface area contributed by atoms with Crippen LogP contribution >= 0.6 is 11.6 Å². The number of esters is 1. The van der Waals surface area contributed by atoms with Gasteiger partial charge in [0, 0.05) is 5.56 Å². The van der Waals surface area contributed by atoms with E-state index in [2.05, 4.69) is 0 Å². The molecule has 0 amide bonds. The summed E-state index contributed by atoms with van der Waals surface area (Å²) in [4.78, 5) is 24.3. The van der Waals surface area contributed by atoms with Gasteiger partial charge in [-0.15, -0.1) is 0 Å². The van der Waals surface area contributed by atoms with Crippen molar-refractivity contribution >= 4 is 33.4 Å². The van der Waals surface area contributed by atoms with Crippen molar-refractivity contribution in [2.75, 3.05) is 6.61 Å². The molecule has 0 aliphatic heterocycles. The average Bonchev–Trinajstić information content (AvgIpc) is 2.55. The predicted octanol–water partition coefficient (Wildman–Crippen LogP) is 2.95. The van der Waals surface area contributed by atoms with Gasteiger partial charge in [-0.05, 0) is 61.7 Å². The minimum absolute atomic E-state index is 0.00258. The fraction of sp³-hybridized carbons (Fsp3) is 0.222. The molecule has 0 aliphatic carbocycles. The van der Waals surface area contributed by atoms with E-state index >= 15 is 0 Å². The normalized spacial score (nSPS) is 11.3. The highest BCUT2D eigenvalue weighted by Crippen LogP contribution is 2.21. The predicted molar refractivity (Wildman–Crippen MR) is 98.1 cm³/mol. The molecule has 138 valence electrons. The summed E-state index contributed by atoms with van der Waals surface area (Å²) in [5.41, 5.74) is 3.08. The molecule has 8 heteroatoms. The van der Waals surface area contributed by atoms with Crippen molar-refractivity contribution in [3.63, 3.8) is 0 Å². The molecule has 0 saturated carbocycles. The lowest BCUT2D eigenvalue weighted by atomic mass is 9.98. The summed E-state index contributed by atoms with van der Waals surface area (Å²) >= 11 is 5.92. The average molecular weight is 396 g/mol. The molecule has 6 nitrogen and oxygen atoms in total. The van der Waals surface area contributed by atoms with Crippen molar-refractivity contribution in [1.82, 2.24) is 0 Å². The van der Waals surface area contributed by atoms with E-state index in [9.17, 15) is 18.0 Å². The summed E-state index contributed by atoms with van der Waals surface area (Å²) < 4.78 is 27.8. The largest absolute Gasteiger partial charge is 0.454 e. The second-order valence-electron chi connectivity index (χ2n) is 5.94. The molecule has 0 bridgehead atoms. The van der Waals surface area contributed by atoms with Gasteiger partial charge in [-0.25, -0.2) is 18.4 Å².